The van der Waals surface area contributed by atoms with Gasteiger partial charge in [-0.2, -0.15) is 0 Å². The zero-order chi connectivity index (χ0) is 20.2. The lowest BCUT2D eigenvalue weighted by Gasteiger charge is -2.23. The summed E-state index contributed by atoms with van der Waals surface area (Å²) in [5, 5.41) is 0. The van der Waals surface area contributed by atoms with Crippen LogP contribution in [-0.2, 0) is 14.3 Å². The first-order valence-electron chi connectivity index (χ1n) is 11.5. The molecular weight excluding hydrogens is 338 g/mol. The summed E-state index contributed by atoms with van der Waals surface area (Å²) in [4.78, 5) is 11.7. The van der Waals surface area contributed by atoms with Crippen molar-refractivity contribution in [3.8, 4) is 0 Å². The summed E-state index contributed by atoms with van der Waals surface area (Å²) in [6.45, 7) is 4.83. The molecule has 0 radical (unpaired) electrons. The third-order valence-corrected chi connectivity index (χ3v) is 4.88. The third kappa shape index (κ3) is 23.4. The maximum absolute atomic E-state index is 11.7. The number of hydrogen-bond acceptors (Lipinski definition) is 3. The molecule has 0 N–H and O–H groups in total. The van der Waals surface area contributed by atoms with E-state index in [2.05, 4.69) is 28.1 Å². The largest absolute Gasteiger partial charge is 0.463 e. The number of nitrogens with zero attached hydrogens (tertiary/aromatic N) is 1. The number of quaternary nitrogens is 1. The van der Waals surface area contributed by atoms with Gasteiger partial charge < -0.3 is 14.0 Å². The van der Waals surface area contributed by atoms with Gasteiger partial charge in [-0.3, -0.25) is 4.79 Å². The molecule has 0 aromatic heterocycles. The average molecular weight is 387 g/mol. The molecule has 0 fully saturated rings. The van der Waals surface area contributed by atoms with Gasteiger partial charge in [0.15, 0.2) is 0 Å². The Morgan fingerprint density at radius 3 is 1.63 bits per heavy atom. The van der Waals surface area contributed by atoms with Crippen molar-refractivity contribution in [1.82, 2.24) is 0 Å². The van der Waals surface area contributed by atoms with Crippen molar-refractivity contribution in [1.29, 1.82) is 0 Å². The van der Waals surface area contributed by atoms with E-state index in [1.165, 1.54) is 70.6 Å². The van der Waals surface area contributed by atoms with Crippen LogP contribution in [0.25, 0.3) is 0 Å². The highest BCUT2D eigenvalue weighted by molar-refractivity contribution is 5.69. The van der Waals surface area contributed by atoms with Crippen LogP contribution in [0, 0.1) is 0 Å². The summed E-state index contributed by atoms with van der Waals surface area (Å²) in [5.74, 6) is -0.0757. The van der Waals surface area contributed by atoms with Crippen LogP contribution in [0.1, 0.15) is 96.8 Å². The zero-order valence-corrected chi connectivity index (χ0v) is 18.9. The molecule has 0 saturated heterocycles. The third-order valence-electron chi connectivity index (χ3n) is 4.88. The molecule has 0 unspecified atom stereocenters. The second-order valence-electron chi connectivity index (χ2n) is 8.84. The van der Waals surface area contributed by atoms with Crippen molar-refractivity contribution >= 4 is 5.97 Å². The van der Waals surface area contributed by atoms with E-state index in [4.69, 9.17) is 9.47 Å². The molecule has 162 valence electrons. The number of unbranched alkanes of at least 4 members (excludes halogenated alkanes) is 12. The van der Waals surface area contributed by atoms with Crippen LogP contribution in [0.4, 0.5) is 0 Å². The summed E-state index contributed by atoms with van der Waals surface area (Å²) in [6, 6.07) is 0. The molecule has 0 atom stereocenters. The van der Waals surface area contributed by atoms with Gasteiger partial charge in [-0.15, -0.1) is 0 Å². The van der Waals surface area contributed by atoms with Crippen LogP contribution in [0.5, 0.6) is 0 Å². The maximum atomic E-state index is 11.7. The Balaban J connectivity index is 3.19. The Bertz CT molecular complexity index is 326. The van der Waals surface area contributed by atoms with Gasteiger partial charge in [0, 0.05) is 6.42 Å². The molecule has 27 heavy (non-hydrogen) atoms. The predicted octanol–water partition coefficient (Wildman–Crippen LogP) is 5.73. The number of carbonyl (C=O) groups is 1. The number of carbonyl (C=O) groups excluding carboxylic acids is 1. The van der Waals surface area contributed by atoms with E-state index in [0.29, 0.717) is 26.2 Å². The van der Waals surface area contributed by atoms with Crippen LogP contribution in [0.2, 0.25) is 0 Å². The molecule has 0 rings (SSSR count). The SMILES string of the molecule is CCCCCCCCCCCCCCCC(=O)OCCOCC[N+](C)(C)C. The Morgan fingerprint density at radius 1 is 0.667 bits per heavy atom. The van der Waals surface area contributed by atoms with Crippen molar-refractivity contribution in [3.63, 3.8) is 0 Å². The average Bonchev–Trinajstić information content (AvgIpc) is 2.61. The molecule has 0 aliphatic heterocycles. The van der Waals surface area contributed by atoms with Crippen molar-refractivity contribution in [3.05, 3.63) is 0 Å². The monoisotopic (exact) mass is 386 g/mol. The molecule has 0 aromatic rings. The molecule has 4 nitrogen and oxygen atoms in total. The minimum Gasteiger partial charge on any atom is -0.463 e. The first-order valence-corrected chi connectivity index (χ1v) is 11.5. The molecule has 0 aromatic carbocycles. The van der Waals surface area contributed by atoms with E-state index in [9.17, 15) is 4.79 Å². The van der Waals surface area contributed by atoms with Gasteiger partial charge in [0.1, 0.15) is 13.2 Å². The van der Waals surface area contributed by atoms with Crippen LogP contribution >= 0.6 is 0 Å². The van der Waals surface area contributed by atoms with Gasteiger partial charge in [-0.25, -0.2) is 0 Å². The first-order chi connectivity index (χ1) is 13.0. The van der Waals surface area contributed by atoms with Crippen molar-refractivity contribution in [2.45, 2.75) is 96.8 Å². The van der Waals surface area contributed by atoms with E-state index >= 15 is 0 Å². The smallest absolute Gasteiger partial charge is 0.305 e. The first kappa shape index (κ1) is 26.4. The fraction of sp³-hybridized carbons (Fsp3) is 0.957. The molecular formula is C23H48NO3+. The quantitative estimate of drug-likeness (QED) is 0.152. The Labute approximate surface area is 169 Å². The molecule has 0 saturated carbocycles. The molecule has 0 aliphatic carbocycles. The normalized spacial score (nSPS) is 11.7. The highest BCUT2D eigenvalue weighted by Gasteiger charge is 2.06. The van der Waals surface area contributed by atoms with Crippen molar-refractivity contribution in [2.75, 3.05) is 47.5 Å². The minimum absolute atomic E-state index is 0.0757. The van der Waals surface area contributed by atoms with Gasteiger partial charge in [0.2, 0.25) is 0 Å². The van der Waals surface area contributed by atoms with E-state index < -0.39 is 0 Å². The van der Waals surface area contributed by atoms with E-state index in [1.54, 1.807) is 0 Å². The van der Waals surface area contributed by atoms with Gasteiger partial charge >= 0.3 is 5.97 Å². The van der Waals surface area contributed by atoms with Crippen LogP contribution in [0.15, 0.2) is 0 Å². The summed E-state index contributed by atoms with van der Waals surface area (Å²) in [5.41, 5.74) is 0. The van der Waals surface area contributed by atoms with Gasteiger partial charge in [-0.1, -0.05) is 84.0 Å². The molecule has 4 heteroatoms. The summed E-state index contributed by atoms with van der Waals surface area (Å²) >= 11 is 0. The number of hydrogen-bond donors (Lipinski definition) is 0. The van der Waals surface area contributed by atoms with Crippen LogP contribution < -0.4 is 0 Å². The summed E-state index contributed by atoms with van der Waals surface area (Å²) in [7, 11) is 6.41. The molecule has 0 aliphatic rings. The molecule has 0 bridgehead atoms. The van der Waals surface area contributed by atoms with Gasteiger partial charge in [0.25, 0.3) is 0 Å². The lowest BCUT2D eigenvalue weighted by Crippen LogP contribution is -2.37. The maximum Gasteiger partial charge on any atom is 0.305 e. The molecule has 0 amide bonds. The Kier molecular flexibility index (Phi) is 18.3. The van der Waals surface area contributed by atoms with E-state index in [0.717, 1.165) is 23.9 Å². The van der Waals surface area contributed by atoms with Crippen molar-refractivity contribution in [2.24, 2.45) is 0 Å². The highest BCUT2D eigenvalue weighted by Crippen LogP contribution is 2.13. The van der Waals surface area contributed by atoms with Crippen LogP contribution in [0.3, 0.4) is 0 Å². The lowest BCUT2D eigenvalue weighted by molar-refractivity contribution is -0.870. The van der Waals surface area contributed by atoms with Crippen molar-refractivity contribution < 1.29 is 18.8 Å². The molecule has 0 spiro atoms. The summed E-state index contributed by atoms with van der Waals surface area (Å²) in [6.07, 6.45) is 17.8. The second-order valence-corrected chi connectivity index (χ2v) is 8.84. The van der Waals surface area contributed by atoms with Gasteiger partial charge in [-0.05, 0) is 6.42 Å². The number of ether oxygens (including phenoxy) is 2. The molecule has 0 heterocycles. The zero-order valence-electron chi connectivity index (χ0n) is 18.9. The van der Waals surface area contributed by atoms with Gasteiger partial charge in [0.05, 0.1) is 34.4 Å². The van der Waals surface area contributed by atoms with Crippen LogP contribution in [-0.4, -0.2) is 58.0 Å². The number of esters is 1. The second kappa shape index (κ2) is 18.7. The number of rotatable bonds is 20. The Hall–Kier alpha value is -0.610. The Morgan fingerprint density at radius 2 is 1.15 bits per heavy atom. The lowest BCUT2D eigenvalue weighted by atomic mass is 10.0. The summed E-state index contributed by atoms with van der Waals surface area (Å²) < 4.78 is 11.6. The predicted molar refractivity (Wildman–Crippen MR) is 115 cm³/mol. The fourth-order valence-corrected chi connectivity index (χ4v) is 3.01. The number of likely N-dealkylation sites (N-methyl/N-ethyl adjacent to an activating group) is 1. The minimum atomic E-state index is -0.0757. The van der Waals surface area contributed by atoms with E-state index in [1.807, 2.05) is 0 Å². The topological polar surface area (TPSA) is 35.5 Å². The highest BCUT2D eigenvalue weighted by atomic mass is 16.6. The van der Waals surface area contributed by atoms with E-state index in [-0.39, 0.29) is 5.97 Å². The fourth-order valence-electron chi connectivity index (χ4n) is 3.01. The standard InChI is InChI=1S/C23H48NO3/c1-5-6-7-8-9-10-11-12-13-14-15-16-17-18-23(25)27-22-21-26-20-19-24(2,3)4/h5-22H2,1-4H3/q+1.